The summed E-state index contributed by atoms with van der Waals surface area (Å²) < 4.78 is 1.07. The number of hydrogen-bond acceptors (Lipinski definition) is 1. The number of halogens is 1. The third kappa shape index (κ3) is 2.08. The Hall–Kier alpha value is -1.67. The summed E-state index contributed by atoms with van der Waals surface area (Å²) in [7, 11) is 0. The molecule has 0 bridgehead atoms. The minimum absolute atomic E-state index is 1.00. The molecule has 82 valence electrons. The van der Waals surface area contributed by atoms with E-state index in [1.165, 1.54) is 10.8 Å². The van der Waals surface area contributed by atoms with Crippen LogP contribution in [0.3, 0.4) is 0 Å². The van der Waals surface area contributed by atoms with Gasteiger partial charge in [-0.05, 0) is 23.6 Å². The van der Waals surface area contributed by atoms with Crippen molar-refractivity contribution < 1.29 is 0 Å². The molecule has 1 heterocycles. The minimum Gasteiger partial charge on any atom is -0.256 e. The lowest BCUT2D eigenvalue weighted by Crippen LogP contribution is -1.83. The Morgan fingerprint density at radius 1 is 0.824 bits per heavy atom. The summed E-state index contributed by atoms with van der Waals surface area (Å²) >= 11 is 3.48. The van der Waals surface area contributed by atoms with Crippen molar-refractivity contribution >= 4 is 26.7 Å². The molecule has 0 aliphatic carbocycles. The van der Waals surface area contributed by atoms with Crippen molar-refractivity contribution in [3.05, 3.63) is 65.3 Å². The fourth-order valence-corrected chi connectivity index (χ4v) is 2.29. The number of fused-ring (bicyclic) bond motifs is 1. The summed E-state index contributed by atoms with van der Waals surface area (Å²) in [5, 5.41) is 2.39. The summed E-state index contributed by atoms with van der Waals surface area (Å²) in [6, 6.07) is 18.6. The normalized spacial score (nSPS) is 10.6. The molecule has 0 aliphatic heterocycles. The van der Waals surface area contributed by atoms with Gasteiger partial charge in [0.05, 0.1) is 5.69 Å². The molecule has 0 radical (unpaired) electrons. The van der Waals surface area contributed by atoms with Crippen molar-refractivity contribution in [1.29, 1.82) is 0 Å². The molecule has 0 spiro atoms. The van der Waals surface area contributed by atoms with Crippen LogP contribution in [0.25, 0.3) is 22.0 Å². The topological polar surface area (TPSA) is 12.9 Å². The summed E-state index contributed by atoms with van der Waals surface area (Å²) in [6.45, 7) is 0. The Morgan fingerprint density at radius 2 is 1.65 bits per heavy atom. The van der Waals surface area contributed by atoms with Gasteiger partial charge in [0.15, 0.2) is 0 Å². The Kier molecular flexibility index (Phi) is 2.65. The van der Waals surface area contributed by atoms with E-state index < -0.39 is 0 Å². The van der Waals surface area contributed by atoms with Crippen LogP contribution < -0.4 is 0 Å². The first-order valence-corrected chi connectivity index (χ1v) is 6.23. The Bertz CT molecular complexity index is 676. The van der Waals surface area contributed by atoms with Gasteiger partial charge in [0.1, 0.15) is 0 Å². The number of aromatic nitrogens is 1. The molecule has 17 heavy (non-hydrogen) atoms. The fourth-order valence-electron chi connectivity index (χ4n) is 1.89. The number of hydrogen-bond donors (Lipinski definition) is 0. The smallest absolute Gasteiger partial charge is 0.0708 e. The highest BCUT2D eigenvalue weighted by Crippen LogP contribution is 2.24. The molecule has 0 N–H and O–H groups in total. The second-order valence-corrected chi connectivity index (χ2v) is 4.84. The predicted octanol–water partition coefficient (Wildman–Crippen LogP) is 4.66. The van der Waals surface area contributed by atoms with Crippen LogP contribution in [0.4, 0.5) is 0 Å². The molecule has 0 amide bonds. The predicted molar refractivity (Wildman–Crippen MR) is 74.9 cm³/mol. The maximum Gasteiger partial charge on any atom is 0.0708 e. The molecule has 2 aromatic carbocycles. The second kappa shape index (κ2) is 4.30. The lowest BCUT2D eigenvalue weighted by atomic mass is 10.1. The van der Waals surface area contributed by atoms with Crippen LogP contribution in [0.1, 0.15) is 0 Å². The highest BCUT2D eigenvalue weighted by Gasteiger charge is 2.01. The lowest BCUT2D eigenvalue weighted by molar-refractivity contribution is 1.35. The number of benzene rings is 2. The Labute approximate surface area is 108 Å². The standard InChI is InChI=1S/C15H10BrN/c16-14-7-3-6-12(8-14)15-9-11-4-1-2-5-13(11)10-17-15/h1-10H. The first-order valence-electron chi connectivity index (χ1n) is 5.44. The molecule has 3 aromatic rings. The maximum atomic E-state index is 4.50. The average molecular weight is 284 g/mol. The van der Waals surface area contributed by atoms with Crippen LogP contribution in [0.5, 0.6) is 0 Å². The van der Waals surface area contributed by atoms with E-state index in [-0.39, 0.29) is 0 Å². The van der Waals surface area contributed by atoms with E-state index in [1.54, 1.807) is 0 Å². The number of nitrogens with zero attached hydrogens (tertiary/aromatic N) is 1. The zero-order valence-corrected chi connectivity index (χ0v) is 10.7. The molecular weight excluding hydrogens is 274 g/mol. The van der Waals surface area contributed by atoms with Gasteiger partial charge in [-0.2, -0.15) is 0 Å². The van der Waals surface area contributed by atoms with E-state index in [0.717, 1.165) is 15.7 Å². The largest absolute Gasteiger partial charge is 0.256 e. The Morgan fingerprint density at radius 3 is 2.47 bits per heavy atom. The van der Waals surface area contributed by atoms with Gasteiger partial charge < -0.3 is 0 Å². The van der Waals surface area contributed by atoms with E-state index in [2.05, 4.69) is 51.2 Å². The molecule has 0 fully saturated rings. The van der Waals surface area contributed by atoms with Crippen LogP contribution in [0.15, 0.2) is 65.3 Å². The zero-order valence-electron chi connectivity index (χ0n) is 9.10. The highest BCUT2D eigenvalue weighted by molar-refractivity contribution is 9.10. The van der Waals surface area contributed by atoms with Crippen LogP contribution in [-0.2, 0) is 0 Å². The van der Waals surface area contributed by atoms with E-state index in [0.29, 0.717) is 0 Å². The first kappa shape index (κ1) is 10.5. The van der Waals surface area contributed by atoms with E-state index >= 15 is 0 Å². The van der Waals surface area contributed by atoms with Gasteiger partial charge in [-0.3, -0.25) is 4.98 Å². The molecule has 0 atom stereocenters. The van der Waals surface area contributed by atoms with Gasteiger partial charge in [0.25, 0.3) is 0 Å². The number of rotatable bonds is 1. The number of pyridine rings is 1. The van der Waals surface area contributed by atoms with Gasteiger partial charge in [-0.1, -0.05) is 52.3 Å². The van der Waals surface area contributed by atoms with Crippen LogP contribution in [-0.4, -0.2) is 4.98 Å². The van der Waals surface area contributed by atoms with Crippen molar-refractivity contribution in [1.82, 2.24) is 4.98 Å². The van der Waals surface area contributed by atoms with Crippen molar-refractivity contribution in [2.45, 2.75) is 0 Å². The van der Waals surface area contributed by atoms with Crippen LogP contribution >= 0.6 is 15.9 Å². The quantitative estimate of drug-likeness (QED) is 0.633. The molecule has 0 aliphatic rings. The van der Waals surface area contributed by atoms with Crippen molar-refractivity contribution in [3.8, 4) is 11.3 Å². The van der Waals surface area contributed by atoms with Crippen molar-refractivity contribution in [2.75, 3.05) is 0 Å². The maximum absolute atomic E-state index is 4.50. The van der Waals surface area contributed by atoms with E-state index in [4.69, 9.17) is 0 Å². The second-order valence-electron chi connectivity index (χ2n) is 3.93. The summed E-state index contributed by atoms with van der Waals surface area (Å²) in [4.78, 5) is 4.50. The molecular formula is C15H10BrN. The van der Waals surface area contributed by atoms with E-state index in [9.17, 15) is 0 Å². The highest BCUT2D eigenvalue weighted by atomic mass is 79.9. The monoisotopic (exact) mass is 283 g/mol. The summed E-state index contributed by atoms with van der Waals surface area (Å²) in [6.07, 6.45) is 1.92. The van der Waals surface area contributed by atoms with Gasteiger partial charge in [0, 0.05) is 21.6 Å². The SMILES string of the molecule is Brc1cccc(-c2cc3ccccc3cn2)c1. The van der Waals surface area contributed by atoms with Gasteiger partial charge >= 0.3 is 0 Å². The molecule has 1 aromatic heterocycles. The zero-order chi connectivity index (χ0) is 11.7. The molecule has 2 heteroatoms. The summed E-state index contributed by atoms with van der Waals surface area (Å²) in [5.74, 6) is 0. The molecule has 3 rings (SSSR count). The minimum atomic E-state index is 1.00. The molecule has 0 unspecified atom stereocenters. The molecule has 0 saturated heterocycles. The first-order chi connectivity index (χ1) is 8.33. The van der Waals surface area contributed by atoms with Crippen LogP contribution in [0, 0.1) is 0 Å². The average Bonchev–Trinajstić information content (AvgIpc) is 2.38. The third-order valence-electron chi connectivity index (χ3n) is 2.75. The van der Waals surface area contributed by atoms with Crippen molar-refractivity contribution in [3.63, 3.8) is 0 Å². The summed E-state index contributed by atoms with van der Waals surface area (Å²) in [5.41, 5.74) is 2.13. The van der Waals surface area contributed by atoms with Gasteiger partial charge in [-0.25, -0.2) is 0 Å². The third-order valence-corrected chi connectivity index (χ3v) is 3.24. The Balaban J connectivity index is 2.18. The molecule has 1 nitrogen and oxygen atoms in total. The van der Waals surface area contributed by atoms with Crippen molar-refractivity contribution in [2.24, 2.45) is 0 Å². The van der Waals surface area contributed by atoms with Gasteiger partial charge in [-0.15, -0.1) is 0 Å². The molecule has 0 saturated carbocycles. The lowest BCUT2D eigenvalue weighted by Gasteiger charge is -2.03. The fraction of sp³-hybridized carbons (Fsp3) is 0. The van der Waals surface area contributed by atoms with E-state index in [1.807, 2.05) is 30.5 Å². The van der Waals surface area contributed by atoms with Gasteiger partial charge in [0.2, 0.25) is 0 Å². The van der Waals surface area contributed by atoms with Crippen LogP contribution in [0.2, 0.25) is 0 Å².